The minimum Gasteiger partial charge on any atom is -0.496 e. The van der Waals surface area contributed by atoms with Crippen LogP contribution in [-0.2, 0) is 4.79 Å². The minimum atomic E-state index is 0.185. The quantitative estimate of drug-likeness (QED) is 0.820. The number of rotatable bonds is 3. The highest BCUT2D eigenvalue weighted by atomic mass is 16.5. The maximum absolute atomic E-state index is 11.5. The first-order valence-electron chi connectivity index (χ1n) is 6.28. The number of ether oxygens (including phenoxy) is 1. The fourth-order valence-electron chi connectivity index (χ4n) is 2.80. The molecule has 2 atom stereocenters. The monoisotopic (exact) mass is 240 g/mol. The van der Waals surface area contributed by atoms with E-state index in [-0.39, 0.29) is 11.7 Å². The zero-order chi connectivity index (χ0) is 12.7. The van der Waals surface area contributed by atoms with Crippen molar-refractivity contribution in [2.45, 2.75) is 19.3 Å². The molecule has 0 heterocycles. The lowest BCUT2D eigenvalue weighted by Crippen LogP contribution is -1.98. The summed E-state index contributed by atoms with van der Waals surface area (Å²) in [5, 5.41) is 2.42. The van der Waals surface area contributed by atoms with Gasteiger partial charge in [-0.1, -0.05) is 30.3 Å². The van der Waals surface area contributed by atoms with Crippen LogP contribution < -0.4 is 4.74 Å². The normalized spacial score (nSPS) is 21.9. The Morgan fingerprint density at radius 1 is 1.22 bits per heavy atom. The first-order chi connectivity index (χ1) is 8.72. The van der Waals surface area contributed by atoms with E-state index in [0.29, 0.717) is 5.92 Å². The molecule has 3 rings (SSSR count). The molecule has 0 radical (unpaired) electrons. The van der Waals surface area contributed by atoms with Crippen molar-refractivity contribution in [1.82, 2.24) is 0 Å². The van der Waals surface area contributed by atoms with E-state index < -0.39 is 0 Å². The summed E-state index contributed by atoms with van der Waals surface area (Å²) >= 11 is 0. The zero-order valence-electron chi connectivity index (χ0n) is 10.6. The average molecular weight is 240 g/mol. The maximum Gasteiger partial charge on any atom is 0.133 e. The molecule has 2 heteroatoms. The van der Waals surface area contributed by atoms with Gasteiger partial charge in [0.1, 0.15) is 11.5 Å². The van der Waals surface area contributed by atoms with Crippen LogP contribution in [0, 0.1) is 5.92 Å². The van der Waals surface area contributed by atoms with E-state index in [1.165, 1.54) is 16.3 Å². The lowest BCUT2D eigenvalue weighted by atomic mass is 9.98. The molecule has 0 N–H and O–H groups in total. The van der Waals surface area contributed by atoms with Crippen LogP contribution in [0.15, 0.2) is 36.4 Å². The number of Topliss-reactive ketones (excluding diaryl/α,β-unsaturated/α-hetero) is 1. The maximum atomic E-state index is 11.5. The van der Waals surface area contributed by atoms with E-state index >= 15 is 0 Å². The Morgan fingerprint density at radius 3 is 2.67 bits per heavy atom. The Kier molecular flexibility index (Phi) is 2.58. The fourth-order valence-corrected chi connectivity index (χ4v) is 2.80. The van der Waals surface area contributed by atoms with Gasteiger partial charge >= 0.3 is 0 Å². The topological polar surface area (TPSA) is 26.3 Å². The molecule has 0 aliphatic heterocycles. The summed E-state index contributed by atoms with van der Waals surface area (Å²) in [4.78, 5) is 11.5. The van der Waals surface area contributed by atoms with Crippen molar-refractivity contribution >= 4 is 16.6 Å². The van der Waals surface area contributed by atoms with Gasteiger partial charge in [0.2, 0.25) is 0 Å². The van der Waals surface area contributed by atoms with Crippen molar-refractivity contribution in [2.24, 2.45) is 5.92 Å². The van der Waals surface area contributed by atoms with E-state index in [9.17, 15) is 4.79 Å². The molecular weight excluding hydrogens is 224 g/mol. The Balaban J connectivity index is 2.16. The lowest BCUT2D eigenvalue weighted by molar-refractivity contribution is -0.118. The van der Waals surface area contributed by atoms with E-state index in [0.717, 1.165) is 12.2 Å². The smallest absolute Gasteiger partial charge is 0.133 e. The van der Waals surface area contributed by atoms with Crippen LogP contribution in [-0.4, -0.2) is 12.9 Å². The van der Waals surface area contributed by atoms with E-state index in [1.807, 2.05) is 18.2 Å². The SMILES string of the molecule is COc1ccc2ccccc2c1[C@H]1C[C@H]1C(C)=O. The van der Waals surface area contributed by atoms with Crippen molar-refractivity contribution in [3.8, 4) is 5.75 Å². The van der Waals surface area contributed by atoms with Gasteiger partial charge in [0, 0.05) is 11.5 Å². The Labute approximate surface area is 107 Å². The van der Waals surface area contributed by atoms with Crippen LogP contribution >= 0.6 is 0 Å². The number of carbonyl (C=O) groups is 1. The summed E-state index contributed by atoms with van der Waals surface area (Å²) in [5.41, 5.74) is 1.20. The number of fused-ring (bicyclic) bond motifs is 1. The third-order valence-electron chi connectivity index (χ3n) is 3.83. The van der Waals surface area contributed by atoms with Crippen LogP contribution in [0.25, 0.3) is 10.8 Å². The van der Waals surface area contributed by atoms with E-state index in [2.05, 4.69) is 18.2 Å². The zero-order valence-corrected chi connectivity index (χ0v) is 10.6. The standard InChI is InChI=1S/C16H16O2/c1-10(17)13-9-14(13)16-12-6-4-3-5-11(12)7-8-15(16)18-2/h3-8,13-14H,9H2,1-2H3/t13-,14-/m0/s1. The van der Waals surface area contributed by atoms with Gasteiger partial charge in [-0.3, -0.25) is 4.79 Å². The molecule has 0 amide bonds. The summed E-state index contributed by atoms with van der Waals surface area (Å²) in [6.45, 7) is 1.68. The molecular formula is C16H16O2. The highest BCUT2D eigenvalue weighted by Gasteiger charge is 2.43. The van der Waals surface area contributed by atoms with Crippen molar-refractivity contribution in [2.75, 3.05) is 7.11 Å². The lowest BCUT2D eigenvalue weighted by Gasteiger charge is -2.11. The van der Waals surface area contributed by atoms with Crippen molar-refractivity contribution < 1.29 is 9.53 Å². The summed E-state index contributed by atoms with van der Waals surface area (Å²) in [6, 6.07) is 12.4. The first-order valence-corrected chi connectivity index (χ1v) is 6.28. The van der Waals surface area contributed by atoms with Crippen molar-refractivity contribution in [3.63, 3.8) is 0 Å². The fraction of sp³-hybridized carbons (Fsp3) is 0.312. The Hall–Kier alpha value is -1.83. The Bertz CT molecular complexity index is 616. The highest BCUT2D eigenvalue weighted by Crippen LogP contribution is 2.52. The van der Waals surface area contributed by atoms with Gasteiger partial charge in [0.25, 0.3) is 0 Å². The van der Waals surface area contributed by atoms with Crippen LogP contribution in [0.3, 0.4) is 0 Å². The average Bonchev–Trinajstić information content (AvgIpc) is 3.17. The van der Waals surface area contributed by atoms with Gasteiger partial charge in [-0.05, 0) is 36.1 Å². The second-order valence-electron chi connectivity index (χ2n) is 4.96. The summed E-state index contributed by atoms with van der Waals surface area (Å²) < 4.78 is 5.47. The molecule has 92 valence electrons. The summed E-state index contributed by atoms with van der Waals surface area (Å²) in [5.74, 6) is 1.71. The van der Waals surface area contributed by atoms with Gasteiger partial charge in [-0.2, -0.15) is 0 Å². The van der Waals surface area contributed by atoms with Crippen molar-refractivity contribution in [1.29, 1.82) is 0 Å². The number of carbonyl (C=O) groups excluding carboxylic acids is 1. The largest absolute Gasteiger partial charge is 0.496 e. The third kappa shape index (κ3) is 1.69. The van der Waals surface area contributed by atoms with Crippen LogP contribution in [0.5, 0.6) is 5.75 Å². The van der Waals surface area contributed by atoms with E-state index in [1.54, 1.807) is 14.0 Å². The molecule has 1 fully saturated rings. The number of hydrogen-bond donors (Lipinski definition) is 0. The second kappa shape index (κ2) is 4.13. The molecule has 1 aliphatic rings. The van der Waals surface area contributed by atoms with E-state index in [4.69, 9.17) is 4.74 Å². The predicted octanol–water partition coefficient (Wildman–Crippen LogP) is 3.54. The molecule has 2 nitrogen and oxygen atoms in total. The predicted molar refractivity (Wildman–Crippen MR) is 72.0 cm³/mol. The molecule has 18 heavy (non-hydrogen) atoms. The van der Waals surface area contributed by atoms with Crippen LogP contribution in [0.2, 0.25) is 0 Å². The van der Waals surface area contributed by atoms with Gasteiger partial charge in [0.15, 0.2) is 0 Å². The van der Waals surface area contributed by atoms with Crippen LogP contribution in [0.4, 0.5) is 0 Å². The highest BCUT2D eigenvalue weighted by molar-refractivity contribution is 5.91. The molecule has 1 saturated carbocycles. The van der Waals surface area contributed by atoms with Crippen LogP contribution in [0.1, 0.15) is 24.8 Å². The molecule has 0 unspecified atom stereocenters. The first kappa shape index (κ1) is 11.3. The molecule has 2 aromatic rings. The van der Waals surface area contributed by atoms with Gasteiger partial charge in [-0.25, -0.2) is 0 Å². The second-order valence-corrected chi connectivity index (χ2v) is 4.96. The molecule has 0 saturated heterocycles. The number of benzene rings is 2. The number of methoxy groups -OCH3 is 1. The molecule has 2 aromatic carbocycles. The number of ketones is 1. The molecule has 0 aromatic heterocycles. The molecule has 1 aliphatic carbocycles. The minimum absolute atomic E-state index is 0.185. The molecule has 0 bridgehead atoms. The Morgan fingerprint density at radius 2 is 2.00 bits per heavy atom. The summed E-state index contributed by atoms with van der Waals surface area (Å²) in [7, 11) is 1.69. The number of hydrogen-bond acceptors (Lipinski definition) is 2. The summed E-state index contributed by atoms with van der Waals surface area (Å²) in [6.07, 6.45) is 0.958. The molecule has 0 spiro atoms. The van der Waals surface area contributed by atoms with Gasteiger partial charge in [-0.15, -0.1) is 0 Å². The van der Waals surface area contributed by atoms with Crippen molar-refractivity contribution in [3.05, 3.63) is 42.0 Å². The van der Waals surface area contributed by atoms with Gasteiger partial charge < -0.3 is 4.74 Å². The van der Waals surface area contributed by atoms with Gasteiger partial charge in [0.05, 0.1) is 7.11 Å². The third-order valence-corrected chi connectivity index (χ3v) is 3.83.